The summed E-state index contributed by atoms with van der Waals surface area (Å²) in [5.74, 6) is -1.12. The summed E-state index contributed by atoms with van der Waals surface area (Å²) in [5.41, 5.74) is 2.23. The minimum atomic E-state index is -1.08. The molecule has 2 heterocycles. The van der Waals surface area contributed by atoms with Crippen LogP contribution in [0.3, 0.4) is 0 Å². The molecule has 1 aliphatic rings. The van der Waals surface area contributed by atoms with E-state index in [1.54, 1.807) is 68.5 Å². The van der Waals surface area contributed by atoms with Crippen molar-refractivity contribution in [3.8, 4) is 11.3 Å². The van der Waals surface area contributed by atoms with Gasteiger partial charge >= 0.3 is 11.9 Å². The summed E-state index contributed by atoms with van der Waals surface area (Å²) >= 11 is 3.27. The molecule has 8 nitrogen and oxygen atoms in total. The zero-order chi connectivity index (χ0) is 24.4. The third-order valence-corrected chi connectivity index (χ3v) is 5.57. The minimum absolute atomic E-state index is 0.0926. The average Bonchev–Trinajstić information content (AvgIpc) is 3.39. The topological polar surface area (TPSA) is 109 Å². The maximum Gasteiger partial charge on any atom is 0.338 e. The first-order valence-corrected chi connectivity index (χ1v) is 11.1. The van der Waals surface area contributed by atoms with E-state index in [1.807, 2.05) is 0 Å². The number of amides is 1. The van der Waals surface area contributed by atoms with Crippen molar-refractivity contribution in [1.82, 2.24) is 0 Å². The van der Waals surface area contributed by atoms with Crippen LogP contribution in [-0.2, 0) is 9.53 Å². The number of furan rings is 1. The van der Waals surface area contributed by atoms with Crippen LogP contribution in [0.15, 0.2) is 74.2 Å². The number of carbonyl (C=O) groups is 3. The third-order valence-electron chi connectivity index (χ3n) is 5.08. The van der Waals surface area contributed by atoms with Gasteiger partial charge in [0, 0.05) is 10.0 Å². The van der Waals surface area contributed by atoms with Gasteiger partial charge in [-0.25, -0.2) is 9.59 Å². The van der Waals surface area contributed by atoms with Crippen molar-refractivity contribution in [2.45, 2.75) is 13.8 Å². The summed E-state index contributed by atoms with van der Waals surface area (Å²) < 4.78 is 11.4. The van der Waals surface area contributed by atoms with E-state index in [9.17, 15) is 19.5 Å². The largest absolute Gasteiger partial charge is 0.478 e. The number of carbonyl (C=O) groups excluding carboxylic acids is 2. The van der Waals surface area contributed by atoms with E-state index < -0.39 is 11.9 Å². The van der Waals surface area contributed by atoms with E-state index in [4.69, 9.17) is 9.15 Å². The van der Waals surface area contributed by atoms with Crippen LogP contribution < -0.4 is 5.01 Å². The number of ether oxygens (including phenoxy) is 1. The highest BCUT2D eigenvalue weighted by Crippen LogP contribution is 2.30. The molecule has 0 saturated carbocycles. The summed E-state index contributed by atoms with van der Waals surface area (Å²) in [5, 5.41) is 15.1. The van der Waals surface area contributed by atoms with Crippen molar-refractivity contribution in [2.75, 3.05) is 11.6 Å². The van der Waals surface area contributed by atoms with E-state index >= 15 is 0 Å². The van der Waals surface area contributed by atoms with Crippen LogP contribution in [0.25, 0.3) is 17.4 Å². The summed E-state index contributed by atoms with van der Waals surface area (Å²) in [6.45, 7) is 3.71. The Hall–Kier alpha value is -3.98. The Balaban J connectivity index is 1.59. The lowest BCUT2D eigenvalue weighted by Crippen LogP contribution is -2.21. The van der Waals surface area contributed by atoms with Gasteiger partial charge in [0.05, 0.1) is 34.7 Å². The van der Waals surface area contributed by atoms with Gasteiger partial charge in [-0.15, -0.1) is 0 Å². The maximum absolute atomic E-state index is 13.0. The van der Waals surface area contributed by atoms with E-state index in [0.717, 1.165) is 0 Å². The highest BCUT2D eigenvalue weighted by molar-refractivity contribution is 9.10. The number of hydrazone groups is 1. The summed E-state index contributed by atoms with van der Waals surface area (Å²) in [7, 11) is 0. The zero-order valence-electron chi connectivity index (χ0n) is 18.2. The molecule has 1 amide bonds. The van der Waals surface area contributed by atoms with Crippen molar-refractivity contribution in [3.05, 3.63) is 81.5 Å². The van der Waals surface area contributed by atoms with Gasteiger partial charge in [0.1, 0.15) is 11.5 Å². The number of aromatic carboxylic acids is 1. The normalized spacial score (nSPS) is 14.4. The molecule has 0 unspecified atom stereocenters. The fourth-order valence-electron chi connectivity index (χ4n) is 3.44. The standard InChI is InChI=1S/C25H19BrN2O6/c1-3-33-25(32)15-4-7-17(8-5-15)28-23(29)20(14(2)27-28)13-18-9-11-22(34-18)19-10-6-16(26)12-21(19)24(30)31/h4-13H,3H2,1-2H3,(H,30,31)/b20-13+. The summed E-state index contributed by atoms with van der Waals surface area (Å²) in [6, 6.07) is 14.6. The molecule has 0 atom stereocenters. The summed E-state index contributed by atoms with van der Waals surface area (Å²) in [6.07, 6.45) is 1.57. The first kappa shape index (κ1) is 23.2. The van der Waals surface area contributed by atoms with Crippen molar-refractivity contribution >= 4 is 51.3 Å². The number of anilines is 1. The smallest absolute Gasteiger partial charge is 0.338 e. The molecule has 34 heavy (non-hydrogen) atoms. The number of carboxylic acids is 1. The second-order valence-electron chi connectivity index (χ2n) is 7.32. The number of esters is 1. The lowest BCUT2D eigenvalue weighted by Gasteiger charge is -2.12. The predicted octanol–water partition coefficient (Wildman–Crippen LogP) is 5.39. The number of hydrogen-bond donors (Lipinski definition) is 1. The van der Waals surface area contributed by atoms with Gasteiger partial charge in [0.15, 0.2) is 0 Å². The molecular weight excluding hydrogens is 504 g/mol. The average molecular weight is 523 g/mol. The Bertz CT molecular complexity index is 1350. The Labute approximate surface area is 203 Å². The van der Waals surface area contributed by atoms with Crippen LogP contribution in [0.2, 0.25) is 0 Å². The lowest BCUT2D eigenvalue weighted by atomic mass is 10.1. The molecule has 2 aromatic carbocycles. The van der Waals surface area contributed by atoms with E-state index in [1.165, 1.54) is 11.1 Å². The fraction of sp³-hybridized carbons (Fsp3) is 0.120. The molecule has 0 spiro atoms. The molecule has 3 aromatic rings. The van der Waals surface area contributed by atoms with Gasteiger partial charge in [-0.2, -0.15) is 10.1 Å². The molecule has 0 aliphatic carbocycles. The first-order chi connectivity index (χ1) is 16.3. The maximum atomic E-state index is 13.0. The lowest BCUT2D eigenvalue weighted by molar-refractivity contribution is -0.114. The number of rotatable bonds is 6. The highest BCUT2D eigenvalue weighted by Gasteiger charge is 2.29. The summed E-state index contributed by atoms with van der Waals surface area (Å²) in [4.78, 5) is 36.5. The van der Waals surface area contributed by atoms with E-state index in [2.05, 4.69) is 21.0 Å². The van der Waals surface area contributed by atoms with Gasteiger partial charge in [-0.3, -0.25) is 4.79 Å². The van der Waals surface area contributed by atoms with Crippen LogP contribution in [0, 0.1) is 0 Å². The predicted molar refractivity (Wildman–Crippen MR) is 130 cm³/mol. The molecule has 1 N–H and O–H groups in total. The fourth-order valence-corrected chi connectivity index (χ4v) is 3.80. The van der Waals surface area contributed by atoms with Crippen LogP contribution in [-0.4, -0.2) is 35.3 Å². The highest BCUT2D eigenvalue weighted by atomic mass is 79.9. The van der Waals surface area contributed by atoms with E-state index in [0.29, 0.717) is 44.1 Å². The van der Waals surface area contributed by atoms with Gasteiger partial charge in [0.25, 0.3) is 5.91 Å². The van der Waals surface area contributed by atoms with Crippen molar-refractivity contribution in [3.63, 3.8) is 0 Å². The number of nitrogens with zero attached hydrogens (tertiary/aromatic N) is 2. The second-order valence-corrected chi connectivity index (χ2v) is 8.24. The van der Waals surface area contributed by atoms with Gasteiger partial charge in [-0.1, -0.05) is 15.9 Å². The molecule has 9 heteroatoms. The monoisotopic (exact) mass is 522 g/mol. The van der Waals surface area contributed by atoms with Crippen LogP contribution in [0.4, 0.5) is 5.69 Å². The zero-order valence-corrected chi connectivity index (χ0v) is 19.8. The number of carboxylic acid groups (broad SMARTS) is 1. The van der Waals surface area contributed by atoms with Crippen LogP contribution in [0.5, 0.6) is 0 Å². The molecule has 0 saturated heterocycles. The van der Waals surface area contributed by atoms with Crippen molar-refractivity contribution in [2.24, 2.45) is 5.10 Å². The number of benzene rings is 2. The first-order valence-electron chi connectivity index (χ1n) is 10.3. The van der Waals surface area contributed by atoms with E-state index in [-0.39, 0.29) is 18.1 Å². The number of halogens is 1. The molecule has 1 aromatic heterocycles. The molecule has 172 valence electrons. The molecular formula is C25H19BrN2O6. The van der Waals surface area contributed by atoms with Gasteiger partial charge in [0.2, 0.25) is 0 Å². The SMILES string of the molecule is CCOC(=O)c1ccc(N2N=C(C)/C(=C\c3ccc(-c4ccc(Br)cc4C(=O)O)o3)C2=O)cc1. The Morgan fingerprint density at radius 2 is 1.88 bits per heavy atom. The molecule has 0 fully saturated rings. The molecule has 0 radical (unpaired) electrons. The van der Waals surface area contributed by atoms with Gasteiger partial charge < -0.3 is 14.3 Å². The third kappa shape index (κ3) is 4.55. The Morgan fingerprint density at radius 1 is 1.15 bits per heavy atom. The Morgan fingerprint density at radius 3 is 2.56 bits per heavy atom. The molecule has 1 aliphatic heterocycles. The van der Waals surface area contributed by atoms with Gasteiger partial charge in [-0.05, 0) is 74.5 Å². The van der Waals surface area contributed by atoms with Crippen LogP contribution in [0.1, 0.15) is 40.3 Å². The molecule has 4 rings (SSSR count). The number of hydrogen-bond acceptors (Lipinski definition) is 6. The Kier molecular flexibility index (Phi) is 6.47. The minimum Gasteiger partial charge on any atom is -0.478 e. The van der Waals surface area contributed by atoms with Crippen molar-refractivity contribution in [1.29, 1.82) is 0 Å². The molecule has 0 bridgehead atoms. The second kappa shape index (κ2) is 9.48. The van der Waals surface area contributed by atoms with Crippen molar-refractivity contribution < 1.29 is 28.6 Å². The van der Waals surface area contributed by atoms with Crippen LogP contribution >= 0.6 is 15.9 Å². The quantitative estimate of drug-likeness (QED) is 0.343.